The molecule has 2 atom stereocenters. The number of anilines is 1. The van der Waals surface area contributed by atoms with Crippen LogP contribution in [0.5, 0.6) is 5.75 Å². The van der Waals surface area contributed by atoms with E-state index in [4.69, 9.17) is 9.72 Å². The third kappa shape index (κ3) is 6.66. The Hall–Kier alpha value is -2.67. The van der Waals surface area contributed by atoms with Crippen molar-refractivity contribution in [2.24, 2.45) is 5.92 Å². The number of nitrogens with one attached hydrogen (secondary N) is 1. The zero-order valence-electron chi connectivity index (χ0n) is 23.4. The maximum atomic E-state index is 14.8. The monoisotopic (exact) mass is 525 g/mol. The van der Waals surface area contributed by atoms with E-state index in [0.717, 1.165) is 76.0 Å². The predicted octanol–water partition coefficient (Wildman–Crippen LogP) is 6.39. The second kappa shape index (κ2) is 12.9. The van der Waals surface area contributed by atoms with Gasteiger partial charge < -0.3 is 20.1 Å². The quantitative estimate of drug-likeness (QED) is 0.331. The number of fused-ring (bicyclic) bond motifs is 1. The average molecular weight is 526 g/mol. The van der Waals surface area contributed by atoms with Crippen LogP contribution in [0.2, 0.25) is 0 Å². The number of halogens is 1. The van der Waals surface area contributed by atoms with Crippen molar-refractivity contribution in [2.75, 3.05) is 32.1 Å². The predicted molar refractivity (Wildman–Crippen MR) is 150 cm³/mol. The third-order valence-electron chi connectivity index (χ3n) is 8.49. The SMILES string of the molecule is COc1c(F)cc(C(C)C)cc1[C@@H](C(=O)O)C1CCN([C@@H](C)CCCCc2ccc3c(n2)NCCC3)CC1. The summed E-state index contributed by atoms with van der Waals surface area (Å²) in [5.41, 5.74) is 3.77. The second-order valence-corrected chi connectivity index (χ2v) is 11.4. The number of aliphatic carboxylic acids is 1. The first-order valence-corrected chi connectivity index (χ1v) is 14.3. The molecule has 0 spiro atoms. The molecule has 0 radical (unpaired) electrons. The number of likely N-dealkylation sites (tertiary alicyclic amines) is 1. The summed E-state index contributed by atoms with van der Waals surface area (Å²) >= 11 is 0. The molecule has 208 valence electrons. The molecule has 0 saturated carbocycles. The molecule has 0 unspecified atom stereocenters. The van der Waals surface area contributed by atoms with E-state index in [1.165, 1.54) is 30.9 Å². The van der Waals surface area contributed by atoms with Gasteiger partial charge in [0.1, 0.15) is 5.82 Å². The van der Waals surface area contributed by atoms with Crippen molar-refractivity contribution in [1.82, 2.24) is 9.88 Å². The Morgan fingerprint density at radius 1 is 1.21 bits per heavy atom. The van der Waals surface area contributed by atoms with Gasteiger partial charge in [0.05, 0.1) is 13.0 Å². The van der Waals surface area contributed by atoms with Crippen molar-refractivity contribution in [3.63, 3.8) is 0 Å². The van der Waals surface area contributed by atoms with Gasteiger partial charge in [-0.2, -0.15) is 0 Å². The molecule has 1 saturated heterocycles. The molecule has 2 aromatic rings. The molecule has 2 aliphatic heterocycles. The Kier molecular flexibility index (Phi) is 9.64. The number of carboxylic acids is 1. The second-order valence-electron chi connectivity index (χ2n) is 11.4. The van der Waals surface area contributed by atoms with Gasteiger partial charge >= 0.3 is 5.97 Å². The number of carboxylic acid groups (broad SMARTS) is 1. The number of aryl methyl sites for hydroxylation is 2. The van der Waals surface area contributed by atoms with Gasteiger partial charge in [0.25, 0.3) is 0 Å². The molecule has 38 heavy (non-hydrogen) atoms. The number of rotatable bonds is 11. The summed E-state index contributed by atoms with van der Waals surface area (Å²) in [4.78, 5) is 19.7. The van der Waals surface area contributed by atoms with E-state index in [9.17, 15) is 14.3 Å². The average Bonchev–Trinajstić information content (AvgIpc) is 2.91. The zero-order chi connectivity index (χ0) is 27.2. The molecule has 1 aromatic carbocycles. The number of methoxy groups -OCH3 is 1. The van der Waals surface area contributed by atoms with E-state index in [1.54, 1.807) is 0 Å². The van der Waals surface area contributed by atoms with Crippen LogP contribution in [0, 0.1) is 11.7 Å². The molecular formula is C31H44FN3O3. The van der Waals surface area contributed by atoms with Crippen LogP contribution in [0.15, 0.2) is 24.3 Å². The zero-order valence-corrected chi connectivity index (χ0v) is 23.4. The summed E-state index contributed by atoms with van der Waals surface area (Å²) < 4.78 is 20.2. The lowest BCUT2D eigenvalue weighted by molar-refractivity contribution is -0.140. The number of nitrogens with zero attached hydrogens (tertiary/aromatic N) is 2. The Morgan fingerprint density at radius 2 is 1.97 bits per heavy atom. The number of hydrogen-bond acceptors (Lipinski definition) is 5. The van der Waals surface area contributed by atoms with Crippen LogP contribution in [0.1, 0.15) is 93.5 Å². The number of benzene rings is 1. The lowest BCUT2D eigenvalue weighted by atomic mass is 9.78. The molecule has 0 aliphatic carbocycles. The van der Waals surface area contributed by atoms with Crippen molar-refractivity contribution in [3.05, 3.63) is 52.5 Å². The van der Waals surface area contributed by atoms with Crippen molar-refractivity contribution >= 4 is 11.8 Å². The molecule has 1 fully saturated rings. The molecule has 0 amide bonds. The first-order valence-electron chi connectivity index (χ1n) is 14.3. The summed E-state index contributed by atoms with van der Waals surface area (Å²) in [6.07, 6.45) is 8.23. The van der Waals surface area contributed by atoms with Crippen LogP contribution in [0.3, 0.4) is 0 Å². The van der Waals surface area contributed by atoms with Gasteiger partial charge in [0, 0.05) is 23.8 Å². The van der Waals surface area contributed by atoms with Crippen LogP contribution >= 0.6 is 0 Å². The molecule has 1 aromatic heterocycles. The van der Waals surface area contributed by atoms with Gasteiger partial charge in [-0.3, -0.25) is 4.79 Å². The minimum atomic E-state index is -0.902. The topological polar surface area (TPSA) is 74.7 Å². The summed E-state index contributed by atoms with van der Waals surface area (Å²) in [5.74, 6) is -0.952. The fraction of sp³-hybridized carbons (Fsp3) is 0.613. The van der Waals surface area contributed by atoms with Crippen molar-refractivity contribution < 1.29 is 19.0 Å². The van der Waals surface area contributed by atoms with E-state index in [0.29, 0.717) is 11.6 Å². The van der Waals surface area contributed by atoms with Gasteiger partial charge in [0.15, 0.2) is 11.6 Å². The number of carbonyl (C=O) groups is 1. The summed E-state index contributed by atoms with van der Waals surface area (Å²) in [6.45, 7) is 8.99. The Balaban J connectivity index is 1.30. The van der Waals surface area contributed by atoms with Crippen LogP contribution in [0.4, 0.5) is 10.2 Å². The lowest BCUT2D eigenvalue weighted by Crippen LogP contribution is -2.42. The van der Waals surface area contributed by atoms with E-state index in [1.807, 2.05) is 19.9 Å². The highest BCUT2D eigenvalue weighted by molar-refractivity contribution is 5.78. The molecular weight excluding hydrogens is 481 g/mol. The Morgan fingerprint density at radius 3 is 2.66 bits per heavy atom. The molecule has 3 heterocycles. The maximum Gasteiger partial charge on any atom is 0.311 e. The normalized spacial score (nSPS) is 18.1. The number of unbranched alkanes of at least 4 members (excludes halogenated alkanes) is 1. The molecule has 2 N–H and O–H groups in total. The lowest BCUT2D eigenvalue weighted by Gasteiger charge is -2.38. The minimum Gasteiger partial charge on any atom is -0.493 e. The maximum absolute atomic E-state index is 14.8. The van der Waals surface area contributed by atoms with Crippen molar-refractivity contribution in [2.45, 2.75) is 90.0 Å². The van der Waals surface area contributed by atoms with Gasteiger partial charge in [-0.05, 0) is 100 Å². The third-order valence-corrected chi connectivity index (χ3v) is 8.49. The fourth-order valence-corrected chi connectivity index (χ4v) is 6.13. The van der Waals surface area contributed by atoms with Crippen LogP contribution in [0.25, 0.3) is 0 Å². The van der Waals surface area contributed by atoms with Gasteiger partial charge in [-0.15, -0.1) is 0 Å². The Bertz CT molecular complexity index is 1100. The van der Waals surface area contributed by atoms with Gasteiger partial charge in [-0.25, -0.2) is 9.37 Å². The number of aromatic nitrogens is 1. The van der Waals surface area contributed by atoms with Crippen LogP contribution < -0.4 is 10.1 Å². The molecule has 6 nitrogen and oxygen atoms in total. The number of pyridine rings is 1. The van der Waals surface area contributed by atoms with Crippen molar-refractivity contribution in [3.8, 4) is 5.75 Å². The molecule has 2 aliphatic rings. The first-order chi connectivity index (χ1) is 18.3. The van der Waals surface area contributed by atoms with Crippen LogP contribution in [-0.2, 0) is 17.6 Å². The van der Waals surface area contributed by atoms with Gasteiger partial charge in [-0.1, -0.05) is 32.4 Å². The highest BCUT2D eigenvalue weighted by Crippen LogP contribution is 2.40. The highest BCUT2D eigenvalue weighted by atomic mass is 19.1. The van der Waals surface area contributed by atoms with E-state index >= 15 is 0 Å². The smallest absolute Gasteiger partial charge is 0.311 e. The molecule has 7 heteroatoms. The van der Waals surface area contributed by atoms with Crippen LogP contribution in [-0.4, -0.2) is 53.7 Å². The molecule has 0 bridgehead atoms. The standard InChI is InChI=1S/C31H44FN3O3/c1-20(2)24-18-26(29(38-4)27(32)19-24)28(31(36)37)22-13-16-35(17-14-22)21(3)8-5-6-10-25-12-11-23-9-7-15-33-30(23)34-25/h11-12,18-22,28H,5-10,13-17H2,1-4H3,(H,33,34)(H,36,37)/t21-,28-/m0/s1. The Labute approximate surface area is 227 Å². The minimum absolute atomic E-state index is 0.0460. The van der Waals surface area contributed by atoms with Crippen molar-refractivity contribution in [1.29, 1.82) is 0 Å². The summed E-state index contributed by atoms with van der Waals surface area (Å²) in [6, 6.07) is 8.16. The van der Waals surface area contributed by atoms with E-state index < -0.39 is 17.7 Å². The van der Waals surface area contributed by atoms with E-state index in [-0.39, 0.29) is 17.6 Å². The van der Waals surface area contributed by atoms with E-state index in [2.05, 4.69) is 29.3 Å². The highest BCUT2D eigenvalue weighted by Gasteiger charge is 2.36. The largest absolute Gasteiger partial charge is 0.493 e. The summed E-state index contributed by atoms with van der Waals surface area (Å²) in [5, 5.41) is 13.6. The number of ether oxygens (including phenoxy) is 1. The number of hydrogen-bond donors (Lipinski definition) is 2. The molecule has 4 rings (SSSR count). The first kappa shape index (κ1) is 28.3. The summed E-state index contributed by atoms with van der Waals surface area (Å²) in [7, 11) is 1.42. The number of piperidine rings is 1. The fourth-order valence-electron chi connectivity index (χ4n) is 6.13. The van der Waals surface area contributed by atoms with Gasteiger partial charge in [0.2, 0.25) is 0 Å².